The van der Waals surface area contributed by atoms with Gasteiger partial charge in [-0.3, -0.25) is 14.4 Å². The third-order valence-corrected chi connectivity index (χ3v) is 3.51. The van der Waals surface area contributed by atoms with Gasteiger partial charge >= 0.3 is 0 Å². The van der Waals surface area contributed by atoms with Crippen LogP contribution in [-0.2, 0) is 7.05 Å². The van der Waals surface area contributed by atoms with Crippen LogP contribution in [0.3, 0.4) is 0 Å². The molecule has 16 heavy (non-hydrogen) atoms. The Morgan fingerprint density at radius 1 is 1.38 bits per heavy atom. The molecule has 0 amide bonds. The normalized spacial score (nSPS) is 17.9. The predicted octanol–water partition coefficient (Wildman–Crippen LogP) is 1.48. The van der Waals surface area contributed by atoms with Gasteiger partial charge in [0.2, 0.25) is 0 Å². The molecule has 88 valence electrons. The molecule has 0 atom stereocenters. The van der Waals surface area contributed by atoms with Crippen molar-refractivity contribution in [1.29, 1.82) is 0 Å². The van der Waals surface area contributed by atoms with Crippen molar-refractivity contribution in [3.05, 3.63) is 18.0 Å². The van der Waals surface area contributed by atoms with Crippen molar-refractivity contribution in [1.82, 2.24) is 14.7 Å². The zero-order chi connectivity index (χ0) is 11.8. The SMILES string of the molecule is Cn1nccc1C(=O)C(C)(C)N1CCCC1. The van der Waals surface area contributed by atoms with Gasteiger partial charge in [-0.05, 0) is 45.8 Å². The average molecular weight is 221 g/mol. The Bertz CT molecular complexity index is 389. The molecule has 0 bridgehead atoms. The lowest BCUT2D eigenvalue weighted by Crippen LogP contribution is -2.49. The fourth-order valence-corrected chi connectivity index (χ4v) is 2.33. The Balaban J connectivity index is 2.23. The highest BCUT2D eigenvalue weighted by atomic mass is 16.1. The van der Waals surface area contributed by atoms with E-state index in [1.165, 1.54) is 12.8 Å². The van der Waals surface area contributed by atoms with Crippen molar-refractivity contribution < 1.29 is 4.79 Å². The zero-order valence-electron chi connectivity index (χ0n) is 10.2. The lowest BCUT2D eigenvalue weighted by molar-refractivity contribution is 0.0692. The van der Waals surface area contributed by atoms with E-state index in [0.717, 1.165) is 13.1 Å². The summed E-state index contributed by atoms with van der Waals surface area (Å²) in [5.41, 5.74) is 0.279. The predicted molar refractivity (Wildman–Crippen MR) is 62.4 cm³/mol. The van der Waals surface area contributed by atoms with Crippen molar-refractivity contribution >= 4 is 5.78 Å². The van der Waals surface area contributed by atoms with Crippen LogP contribution in [0.4, 0.5) is 0 Å². The molecule has 2 rings (SSSR count). The molecule has 2 heterocycles. The Morgan fingerprint density at radius 3 is 2.50 bits per heavy atom. The Kier molecular flexibility index (Phi) is 2.84. The quantitative estimate of drug-likeness (QED) is 0.726. The summed E-state index contributed by atoms with van der Waals surface area (Å²) in [5, 5.41) is 4.06. The van der Waals surface area contributed by atoms with E-state index in [1.54, 1.807) is 16.9 Å². The molecular weight excluding hydrogens is 202 g/mol. The summed E-state index contributed by atoms with van der Waals surface area (Å²) in [6.45, 7) is 6.06. The van der Waals surface area contributed by atoms with E-state index in [9.17, 15) is 4.79 Å². The maximum absolute atomic E-state index is 12.4. The second-order valence-corrected chi connectivity index (χ2v) is 4.92. The van der Waals surface area contributed by atoms with E-state index in [0.29, 0.717) is 5.69 Å². The highest BCUT2D eigenvalue weighted by Crippen LogP contribution is 2.24. The molecule has 1 saturated heterocycles. The number of hydrogen-bond donors (Lipinski definition) is 0. The molecular formula is C12H19N3O. The van der Waals surface area contributed by atoms with Gasteiger partial charge in [0.1, 0.15) is 5.69 Å². The van der Waals surface area contributed by atoms with Crippen LogP contribution in [0, 0.1) is 0 Å². The molecule has 0 aromatic carbocycles. The summed E-state index contributed by atoms with van der Waals surface area (Å²) >= 11 is 0. The molecule has 1 fully saturated rings. The first-order valence-electron chi connectivity index (χ1n) is 5.81. The van der Waals surface area contributed by atoms with Gasteiger partial charge in [0, 0.05) is 13.2 Å². The summed E-state index contributed by atoms with van der Waals surface area (Å²) in [6.07, 6.45) is 4.07. The van der Waals surface area contributed by atoms with Crippen LogP contribution in [0.5, 0.6) is 0 Å². The highest BCUT2D eigenvalue weighted by Gasteiger charge is 2.37. The third kappa shape index (κ3) is 1.78. The summed E-state index contributed by atoms with van der Waals surface area (Å²) in [7, 11) is 1.81. The minimum atomic E-state index is -0.412. The monoisotopic (exact) mass is 221 g/mol. The van der Waals surface area contributed by atoms with Gasteiger partial charge in [-0.15, -0.1) is 0 Å². The van der Waals surface area contributed by atoms with Gasteiger partial charge in [-0.25, -0.2) is 0 Å². The molecule has 0 unspecified atom stereocenters. The largest absolute Gasteiger partial charge is 0.291 e. The third-order valence-electron chi connectivity index (χ3n) is 3.51. The van der Waals surface area contributed by atoms with Crippen LogP contribution in [-0.4, -0.2) is 39.1 Å². The van der Waals surface area contributed by atoms with Crippen LogP contribution in [0.2, 0.25) is 0 Å². The Labute approximate surface area is 96.2 Å². The molecule has 1 aliphatic rings. The highest BCUT2D eigenvalue weighted by molar-refractivity contribution is 6.01. The Morgan fingerprint density at radius 2 is 2.00 bits per heavy atom. The first kappa shape index (κ1) is 11.3. The number of likely N-dealkylation sites (tertiary alicyclic amines) is 1. The molecule has 1 aromatic rings. The van der Waals surface area contributed by atoms with E-state index >= 15 is 0 Å². The summed E-state index contributed by atoms with van der Waals surface area (Å²) < 4.78 is 1.65. The van der Waals surface area contributed by atoms with E-state index in [-0.39, 0.29) is 5.78 Å². The lowest BCUT2D eigenvalue weighted by atomic mass is 9.94. The summed E-state index contributed by atoms with van der Waals surface area (Å²) in [6, 6.07) is 1.79. The maximum atomic E-state index is 12.4. The number of aryl methyl sites for hydroxylation is 1. The minimum Gasteiger partial charge on any atom is -0.291 e. The molecule has 0 aliphatic carbocycles. The second kappa shape index (κ2) is 4.01. The molecule has 1 aliphatic heterocycles. The van der Waals surface area contributed by atoms with Crippen LogP contribution < -0.4 is 0 Å². The smallest absolute Gasteiger partial charge is 0.200 e. The zero-order valence-corrected chi connectivity index (χ0v) is 10.2. The van der Waals surface area contributed by atoms with E-state index in [2.05, 4.69) is 10.00 Å². The van der Waals surface area contributed by atoms with Gasteiger partial charge in [0.05, 0.1) is 5.54 Å². The van der Waals surface area contributed by atoms with Crippen LogP contribution in [0.1, 0.15) is 37.2 Å². The first-order valence-corrected chi connectivity index (χ1v) is 5.81. The topological polar surface area (TPSA) is 38.1 Å². The Hall–Kier alpha value is -1.16. The number of Topliss-reactive ketones (excluding diaryl/α,β-unsaturated/α-hetero) is 1. The molecule has 4 heteroatoms. The van der Waals surface area contributed by atoms with Crippen LogP contribution in [0.15, 0.2) is 12.3 Å². The molecule has 1 aromatic heterocycles. The van der Waals surface area contributed by atoms with E-state index < -0.39 is 5.54 Å². The number of carbonyl (C=O) groups excluding carboxylic acids is 1. The van der Waals surface area contributed by atoms with Gasteiger partial charge in [0.25, 0.3) is 0 Å². The molecule has 4 nitrogen and oxygen atoms in total. The number of nitrogens with zero attached hydrogens (tertiary/aromatic N) is 3. The molecule has 0 saturated carbocycles. The average Bonchev–Trinajstić information content (AvgIpc) is 2.86. The minimum absolute atomic E-state index is 0.161. The van der Waals surface area contributed by atoms with Crippen LogP contribution >= 0.6 is 0 Å². The van der Waals surface area contributed by atoms with Gasteiger partial charge in [-0.1, -0.05) is 0 Å². The molecule has 0 spiro atoms. The van der Waals surface area contributed by atoms with Crippen molar-refractivity contribution in [3.8, 4) is 0 Å². The fourth-order valence-electron chi connectivity index (χ4n) is 2.33. The van der Waals surface area contributed by atoms with Gasteiger partial charge in [0.15, 0.2) is 5.78 Å². The van der Waals surface area contributed by atoms with Crippen molar-refractivity contribution in [2.45, 2.75) is 32.2 Å². The van der Waals surface area contributed by atoms with Gasteiger partial charge in [-0.2, -0.15) is 5.10 Å². The van der Waals surface area contributed by atoms with E-state index in [4.69, 9.17) is 0 Å². The van der Waals surface area contributed by atoms with Crippen molar-refractivity contribution in [3.63, 3.8) is 0 Å². The first-order chi connectivity index (χ1) is 7.53. The second-order valence-electron chi connectivity index (χ2n) is 4.92. The number of ketones is 1. The molecule has 0 radical (unpaired) electrons. The number of hydrogen-bond acceptors (Lipinski definition) is 3. The maximum Gasteiger partial charge on any atom is 0.200 e. The fraction of sp³-hybridized carbons (Fsp3) is 0.667. The van der Waals surface area contributed by atoms with Gasteiger partial charge < -0.3 is 0 Å². The van der Waals surface area contributed by atoms with Crippen LogP contribution in [0.25, 0.3) is 0 Å². The van der Waals surface area contributed by atoms with Crippen molar-refractivity contribution in [2.24, 2.45) is 7.05 Å². The lowest BCUT2D eigenvalue weighted by Gasteiger charge is -2.33. The standard InChI is InChI=1S/C12H19N3O/c1-12(2,15-8-4-5-9-15)11(16)10-6-7-13-14(10)3/h6-7H,4-5,8-9H2,1-3H3. The van der Waals surface area contributed by atoms with Crippen molar-refractivity contribution in [2.75, 3.05) is 13.1 Å². The summed E-state index contributed by atoms with van der Waals surface area (Å²) in [5.74, 6) is 0.161. The molecule has 0 N–H and O–H groups in total. The van der Waals surface area contributed by atoms with E-state index in [1.807, 2.05) is 20.9 Å². The number of carbonyl (C=O) groups is 1. The number of rotatable bonds is 3. The summed E-state index contributed by atoms with van der Waals surface area (Å²) in [4.78, 5) is 14.7. The number of aromatic nitrogens is 2.